The zero-order valence-corrected chi connectivity index (χ0v) is 16.6. The Hall–Kier alpha value is -3.09. The number of halogens is 1. The number of benzene rings is 2. The number of ether oxygens (including phenoxy) is 1. The van der Waals surface area contributed by atoms with Gasteiger partial charge in [0.1, 0.15) is 11.9 Å². The normalized spacial score (nSPS) is 16.9. The number of amides is 1. The van der Waals surface area contributed by atoms with Crippen molar-refractivity contribution in [3.05, 3.63) is 95.6 Å². The molecule has 3 aromatic rings. The van der Waals surface area contributed by atoms with Crippen molar-refractivity contribution in [1.82, 2.24) is 9.88 Å². The standard InChI is InChI=1S/C24H24FN3O2/c25-19-9-11-20(12-10-19)27-24(29)17-28-13-14-30-23(16-28)22-8-4-7-21(26-22)15-18-5-2-1-3-6-18/h1-12,23H,13-17H2,(H,27,29)/t23-/m0/s1. The van der Waals surface area contributed by atoms with Crippen molar-refractivity contribution in [1.29, 1.82) is 0 Å². The minimum Gasteiger partial charge on any atom is -0.369 e. The van der Waals surface area contributed by atoms with Crippen molar-refractivity contribution in [2.75, 3.05) is 31.6 Å². The summed E-state index contributed by atoms with van der Waals surface area (Å²) in [5.41, 5.74) is 3.67. The number of morpholine rings is 1. The summed E-state index contributed by atoms with van der Waals surface area (Å²) in [4.78, 5) is 19.2. The summed E-state index contributed by atoms with van der Waals surface area (Å²) in [5.74, 6) is -0.459. The molecule has 0 radical (unpaired) electrons. The molecule has 0 spiro atoms. The molecule has 0 bridgehead atoms. The van der Waals surface area contributed by atoms with Crippen LogP contribution in [0.2, 0.25) is 0 Å². The minimum atomic E-state index is -0.328. The number of carbonyl (C=O) groups is 1. The molecule has 1 saturated heterocycles. The summed E-state index contributed by atoms with van der Waals surface area (Å²) in [6.07, 6.45) is 0.596. The lowest BCUT2D eigenvalue weighted by atomic mass is 10.1. The number of hydrogen-bond acceptors (Lipinski definition) is 4. The number of aromatic nitrogens is 1. The van der Waals surface area contributed by atoms with E-state index in [1.54, 1.807) is 12.1 Å². The van der Waals surface area contributed by atoms with Crippen molar-refractivity contribution in [3.63, 3.8) is 0 Å². The van der Waals surface area contributed by atoms with E-state index >= 15 is 0 Å². The molecule has 154 valence electrons. The lowest BCUT2D eigenvalue weighted by Crippen LogP contribution is -2.42. The molecule has 1 aliphatic rings. The zero-order chi connectivity index (χ0) is 20.8. The van der Waals surface area contributed by atoms with E-state index in [1.165, 1.54) is 17.7 Å². The predicted molar refractivity (Wildman–Crippen MR) is 114 cm³/mol. The lowest BCUT2D eigenvalue weighted by molar-refractivity contribution is -0.119. The molecule has 0 saturated carbocycles. The van der Waals surface area contributed by atoms with Gasteiger partial charge in [0.05, 0.1) is 18.8 Å². The van der Waals surface area contributed by atoms with Crippen LogP contribution in [0.4, 0.5) is 10.1 Å². The fourth-order valence-electron chi connectivity index (χ4n) is 3.54. The molecular formula is C24H24FN3O2. The summed E-state index contributed by atoms with van der Waals surface area (Å²) in [7, 11) is 0. The molecule has 0 unspecified atom stereocenters. The van der Waals surface area contributed by atoms with Gasteiger partial charge in [0.15, 0.2) is 0 Å². The first-order valence-electron chi connectivity index (χ1n) is 10.0. The van der Waals surface area contributed by atoms with Crippen LogP contribution in [0.5, 0.6) is 0 Å². The van der Waals surface area contributed by atoms with E-state index in [1.807, 2.05) is 36.4 Å². The van der Waals surface area contributed by atoms with E-state index in [0.29, 0.717) is 25.4 Å². The summed E-state index contributed by atoms with van der Waals surface area (Å²) in [6.45, 7) is 2.07. The van der Waals surface area contributed by atoms with Gasteiger partial charge in [0.25, 0.3) is 0 Å². The van der Waals surface area contributed by atoms with E-state index in [2.05, 4.69) is 22.3 Å². The Bertz CT molecular complexity index is 979. The first-order chi connectivity index (χ1) is 14.7. The number of nitrogens with zero attached hydrogens (tertiary/aromatic N) is 2. The Balaban J connectivity index is 1.36. The molecule has 1 atom stereocenters. The molecule has 1 amide bonds. The number of carbonyl (C=O) groups excluding carboxylic acids is 1. The molecule has 2 aromatic carbocycles. The van der Waals surface area contributed by atoms with Crippen molar-refractivity contribution < 1.29 is 13.9 Å². The largest absolute Gasteiger partial charge is 0.369 e. The Kier molecular flexibility index (Phi) is 6.47. The van der Waals surface area contributed by atoms with Crippen LogP contribution in [0.15, 0.2) is 72.8 Å². The van der Waals surface area contributed by atoms with E-state index in [-0.39, 0.29) is 24.4 Å². The maximum absolute atomic E-state index is 13.0. The molecule has 2 heterocycles. The Labute approximate surface area is 175 Å². The molecule has 4 rings (SSSR count). The SMILES string of the molecule is O=C(CN1CCO[C@H](c2cccc(Cc3ccccc3)n2)C1)Nc1ccc(F)cc1. The second-order valence-corrected chi connectivity index (χ2v) is 7.37. The summed E-state index contributed by atoms with van der Waals surface area (Å²) >= 11 is 0. The highest BCUT2D eigenvalue weighted by Gasteiger charge is 2.24. The third kappa shape index (κ3) is 5.49. The molecular weight excluding hydrogens is 381 g/mol. The topological polar surface area (TPSA) is 54.5 Å². The van der Waals surface area contributed by atoms with Gasteiger partial charge < -0.3 is 10.1 Å². The third-order valence-corrected chi connectivity index (χ3v) is 5.03. The van der Waals surface area contributed by atoms with Crippen LogP contribution < -0.4 is 5.32 Å². The van der Waals surface area contributed by atoms with E-state index in [9.17, 15) is 9.18 Å². The van der Waals surface area contributed by atoms with Gasteiger partial charge in [-0.2, -0.15) is 0 Å². The molecule has 5 nitrogen and oxygen atoms in total. The number of pyridine rings is 1. The minimum absolute atomic E-state index is 0.131. The molecule has 1 N–H and O–H groups in total. The van der Waals surface area contributed by atoms with Gasteiger partial charge >= 0.3 is 0 Å². The van der Waals surface area contributed by atoms with Crippen LogP contribution in [0.1, 0.15) is 23.1 Å². The van der Waals surface area contributed by atoms with Gasteiger partial charge in [-0.15, -0.1) is 0 Å². The van der Waals surface area contributed by atoms with E-state index < -0.39 is 0 Å². The highest BCUT2D eigenvalue weighted by atomic mass is 19.1. The number of rotatable bonds is 6. The van der Waals surface area contributed by atoms with Crippen LogP contribution in [-0.4, -0.2) is 42.0 Å². The lowest BCUT2D eigenvalue weighted by Gasteiger charge is -2.32. The van der Waals surface area contributed by atoms with Gasteiger partial charge in [0, 0.05) is 30.9 Å². The third-order valence-electron chi connectivity index (χ3n) is 5.03. The van der Waals surface area contributed by atoms with Crippen molar-refractivity contribution in [2.24, 2.45) is 0 Å². The second-order valence-electron chi connectivity index (χ2n) is 7.37. The van der Waals surface area contributed by atoms with Crippen LogP contribution >= 0.6 is 0 Å². The molecule has 1 aromatic heterocycles. The smallest absolute Gasteiger partial charge is 0.238 e. The molecule has 1 aliphatic heterocycles. The molecule has 6 heteroatoms. The zero-order valence-electron chi connectivity index (χ0n) is 16.6. The highest BCUT2D eigenvalue weighted by Crippen LogP contribution is 2.21. The first-order valence-corrected chi connectivity index (χ1v) is 10.0. The fraction of sp³-hybridized carbons (Fsp3) is 0.250. The van der Waals surface area contributed by atoms with Crippen molar-refractivity contribution in [3.8, 4) is 0 Å². The average Bonchev–Trinajstić information content (AvgIpc) is 2.76. The fourth-order valence-corrected chi connectivity index (χ4v) is 3.54. The Morgan fingerprint density at radius 3 is 2.67 bits per heavy atom. The maximum atomic E-state index is 13.0. The van der Waals surface area contributed by atoms with E-state index in [0.717, 1.165) is 17.8 Å². The summed E-state index contributed by atoms with van der Waals surface area (Å²) in [5, 5.41) is 2.80. The maximum Gasteiger partial charge on any atom is 0.238 e. The van der Waals surface area contributed by atoms with Crippen molar-refractivity contribution >= 4 is 11.6 Å². The number of nitrogens with one attached hydrogen (secondary N) is 1. The van der Waals surface area contributed by atoms with Gasteiger partial charge in [-0.05, 0) is 42.0 Å². The van der Waals surface area contributed by atoms with Gasteiger partial charge in [-0.1, -0.05) is 36.4 Å². The molecule has 1 fully saturated rings. The summed E-state index contributed by atoms with van der Waals surface area (Å²) in [6, 6.07) is 22.0. The first kappa shape index (κ1) is 20.2. The van der Waals surface area contributed by atoms with Crippen LogP contribution in [0.25, 0.3) is 0 Å². The summed E-state index contributed by atoms with van der Waals surface area (Å²) < 4.78 is 18.9. The Morgan fingerprint density at radius 2 is 1.87 bits per heavy atom. The highest BCUT2D eigenvalue weighted by molar-refractivity contribution is 5.92. The van der Waals surface area contributed by atoms with Crippen molar-refractivity contribution in [2.45, 2.75) is 12.5 Å². The van der Waals surface area contributed by atoms with Gasteiger partial charge in [-0.25, -0.2) is 4.39 Å². The van der Waals surface area contributed by atoms with Crippen LogP contribution in [0.3, 0.4) is 0 Å². The molecule has 30 heavy (non-hydrogen) atoms. The predicted octanol–water partition coefficient (Wildman–Crippen LogP) is 3.82. The number of anilines is 1. The Morgan fingerprint density at radius 1 is 1.07 bits per heavy atom. The van der Waals surface area contributed by atoms with Crippen LogP contribution in [0, 0.1) is 5.82 Å². The van der Waals surface area contributed by atoms with E-state index in [4.69, 9.17) is 9.72 Å². The second kappa shape index (κ2) is 9.61. The quantitative estimate of drug-likeness (QED) is 0.677. The molecule has 0 aliphatic carbocycles. The van der Waals surface area contributed by atoms with Crippen LogP contribution in [-0.2, 0) is 16.0 Å². The monoisotopic (exact) mass is 405 g/mol. The van der Waals surface area contributed by atoms with Gasteiger partial charge in [0.2, 0.25) is 5.91 Å². The van der Waals surface area contributed by atoms with Gasteiger partial charge in [-0.3, -0.25) is 14.7 Å². The number of hydrogen-bond donors (Lipinski definition) is 1. The average molecular weight is 405 g/mol.